The minimum atomic E-state index is -0.846. The maximum atomic E-state index is 12.5. The van der Waals surface area contributed by atoms with Crippen LogP contribution < -0.4 is 0 Å². The van der Waals surface area contributed by atoms with E-state index in [-0.39, 0.29) is 28.9 Å². The van der Waals surface area contributed by atoms with Gasteiger partial charge in [-0.1, -0.05) is 36.4 Å². The van der Waals surface area contributed by atoms with Crippen LogP contribution in [0.25, 0.3) is 10.9 Å². The number of fused-ring (bicyclic) bond motifs is 1. The van der Waals surface area contributed by atoms with Gasteiger partial charge in [-0.2, -0.15) is 0 Å². The van der Waals surface area contributed by atoms with E-state index >= 15 is 0 Å². The summed E-state index contributed by atoms with van der Waals surface area (Å²) in [6.45, 7) is 0.222. The summed E-state index contributed by atoms with van der Waals surface area (Å²) in [6.07, 6.45) is 0. The summed E-state index contributed by atoms with van der Waals surface area (Å²) >= 11 is 0. The molecule has 0 aliphatic rings. The Labute approximate surface area is 154 Å². The quantitative estimate of drug-likeness (QED) is 0.389. The van der Waals surface area contributed by atoms with Gasteiger partial charge in [0.2, 0.25) is 0 Å². The predicted octanol–water partition coefficient (Wildman–Crippen LogP) is 3.17. The predicted molar refractivity (Wildman–Crippen MR) is 96.8 cm³/mol. The van der Waals surface area contributed by atoms with Gasteiger partial charge in [0.25, 0.3) is 5.69 Å². The highest BCUT2D eigenvalue weighted by molar-refractivity contribution is 6.15. The highest BCUT2D eigenvalue weighted by Gasteiger charge is 2.32. The number of nitro benzene ring substituents is 1. The Morgan fingerprint density at radius 1 is 1.00 bits per heavy atom. The number of hydrogen-bond acceptors (Lipinski definition) is 6. The molecule has 0 bridgehead atoms. The zero-order chi connectivity index (χ0) is 19.6. The topological polar surface area (TPSA) is 101 Å². The highest BCUT2D eigenvalue weighted by atomic mass is 16.6. The molecule has 8 heteroatoms. The third-order valence-corrected chi connectivity index (χ3v) is 4.22. The van der Waals surface area contributed by atoms with E-state index in [0.717, 1.165) is 12.7 Å². The van der Waals surface area contributed by atoms with Gasteiger partial charge < -0.3 is 14.0 Å². The summed E-state index contributed by atoms with van der Waals surface area (Å²) in [5, 5.41) is 11.6. The molecule has 1 aromatic heterocycles. The van der Waals surface area contributed by atoms with E-state index in [1.165, 1.54) is 23.8 Å². The number of carbonyl (C=O) groups is 2. The van der Waals surface area contributed by atoms with Crippen molar-refractivity contribution in [3.63, 3.8) is 0 Å². The third kappa shape index (κ3) is 3.12. The number of rotatable bonds is 5. The lowest BCUT2D eigenvalue weighted by atomic mass is 10.1. The van der Waals surface area contributed by atoms with Gasteiger partial charge >= 0.3 is 11.9 Å². The van der Waals surface area contributed by atoms with Crippen LogP contribution in [0.5, 0.6) is 0 Å². The number of non-ortho nitro benzene ring substituents is 1. The summed E-state index contributed by atoms with van der Waals surface area (Å²) in [4.78, 5) is 35.9. The number of aromatic nitrogens is 1. The molecule has 8 nitrogen and oxygen atoms in total. The van der Waals surface area contributed by atoms with E-state index in [9.17, 15) is 19.7 Å². The van der Waals surface area contributed by atoms with Crippen molar-refractivity contribution in [1.29, 1.82) is 0 Å². The molecule has 0 amide bonds. The molecule has 0 N–H and O–H groups in total. The first kappa shape index (κ1) is 18.1. The molecule has 3 aromatic rings. The lowest BCUT2D eigenvalue weighted by molar-refractivity contribution is -0.383. The lowest BCUT2D eigenvalue weighted by Crippen LogP contribution is -2.16. The van der Waals surface area contributed by atoms with E-state index in [0.29, 0.717) is 5.52 Å². The molecule has 2 aromatic carbocycles. The van der Waals surface area contributed by atoms with Gasteiger partial charge in [-0.25, -0.2) is 9.59 Å². The Balaban J connectivity index is 2.42. The third-order valence-electron chi connectivity index (χ3n) is 4.22. The van der Waals surface area contributed by atoms with Crippen molar-refractivity contribution in [2.75, 3.05) is 14.2 Å². The van der Waals surface area contributed by atoms with E-state index in [1.807, 2.05) is 30.3 Å². The zero-order valence-electron chi connectivity index (χ0n) is 14.7. The lowest BCUT2D eigenvalue weighted by Gasteiger charge is -2.10. The molecule has 0 spiro atoms. The van der Waals surface area contributed by atoms with Crippen LogP contribution >= 0.6 is 0 Å². The molecule has 3 rings (SSSR count). The summed E-state index contributed by atoms with van der Waals surface area (Å²) in [6, 6.07) is 13.6. The van der Waals surface area contributed by atoms with Crippen LogP contribution in [0.4, 0.5) is 5.69 Å². The molecular formula is C19H16N2O6. The Morgan fingerprint density at radius 3 is 2.26 bits per heavy atom. The minimum absolute atomic E-state index is 0.0469. The maximum Gasteiger partial charge on any atom is 0.355 e. The fraction of sp³-hybridized carbons (Fsp3) is 0.158. The Hall–Kier alpha value is -3.68. The van der Waals surface area contributed by atoms with Crippen LogP contribution in [0.2, 0.25) is 0 Å². The first-order chi connectivity index (χ1) is 13.0. The van der Waals surface area contributed by atoms with E-state index in [4.69, 9.17) is 9.47 Å². The molecule has 0 saturated heterocycles. The van der Waals surface area contributed by atoms with E-state index in [1.54, 1.807) is 6.07 Å². The Morgan fingerprint density at radius 2 is 1.67 bits per heavy atom. The second-order valence-corrected chi connectivity index (χ2v) is 5.71. The largest absolute Gasteiger partial charge is 0.465 e. The van der Waals surface area contributed by atoms with Gasteiger partial charge in [0, 0.05) is 12.6 Å². The number of benzene rings is 2. The van der Waals surface area contributed by atoms with Crippen LogP contribution in [0, 0.1) is 10.1 Å². The van der Waals surface area contributed by atoms with Crippen molar-refractivity contribution < 1.29 is 24.0 Å². The number of methoxy groups -OCH3 is 2. The van der Waals surface area contributed by atoms with Gasteiger partial charge in [0.15, 0.2) is 0 Å². The molecule has 0 fully saturated rings. The van der Waals surface area contributed by atoms with Crippen LogP contribution in [0.1, 0.15) is 26.4 Å². The van der Waals surface area contributed by atoms with E-state index < -0.39 is 16.9 Å². The van der Waals surface area contributed by atoms with Crippen LogP contribution in [0.15, 0.2) is 48.5 Å². The van der Waals surface area contributed by atoms with E-state index in [2.05, 4.69) is 0 Å². The normalized spacial score (nSPS) is 10.6. The molecule has 138 valence electrons. The van der Waals surface area contributed by atoms with Crippen molar-refractivity contribution in [1.82, 2.24) is 4.57 Å². The number of hydrogen-bond donors (Lipinski definition) is 0. The van der Waals surface area contributed by atoms with Gasteiger partial charge in [-0.3, -0.25) is 10.1 Å². The van der Waals surface area contributed by atoms with Crippen LogP contribution in [-0.4, -0.2) is 35.6 Å². The molecule has 0 radical (unpaired) electrons. The summed E-state index contributed by atoms with van der Waals surface area (Å²) in [7, 11) is 2.33. The van der Waals surface area contributed by atoms with Crippen LogP contribution in [-0.2, 0) is 16.0 Å². The van der Waals surface area contributed by atoms with Gasteiger partial charge in [-0.15, -0.1) is 0 Å². The number of carbonyl (C=O) groups excluding carboxylic acids is 2. The molecule has 0 aliphatic heterocycles. The molecule has 0 aliphatic carbocycles. The molecular weight excluding hydrogens is 352 g/mol. The number of nitrogens with zero attached hydrogens (tertiary/aromatic N) is 2. The van der Waals surface area contributed by atoms with Crippen molar-refractivity contribution >= 4 is 28.5 Å². The standard InChI is InChI=1S/C19H16N2O6/c1-26-18(22)16-15-13(9-6-10-14(15)21(24)25)20(17(16)19(23)27-2)11-12-7-4-3-5-8-12/h3-10H,11H2,1-2H3. The average Bonchev–Trinajstić information content (AvgIpc) is 3.01. The van der Waals surface area contributed by atoms with Crippen molar-refractivity contribution in [2.45, 2.75) is 6.54 Å². The first-order valence-corrected chi connectivity index (χ1v) is 7.99. The average molecular weight is 368 g/mol. The van der Waals surface area contributed by atoms with Crippen molar-refractivity contribution in [3.05, 3.63) is 75.5 Å². The van der Waals surface area contributed by atoms with Crippen LogP contribution in [0.3, 0.4) is 0 Å². The molecule has 0 saturated carbocycles. The van der Waals surface area contributed by atoms with Gasteiger partial charge in [-0.05, 0) is 11.6 Å². The summed E-state index contributed by atoms with van der Waals surface area (Å²) in [5.41, 5.74) is 0.668. The highest BCUT2D eigenvalue weighted by Crippen LogP contribution is 2.35. The monoisotopic (exact) mass is 368 g/mol. The Bertz CT molecular complexity index is 1040. The number of ether oxygens (including phenoxy) is 2. The second kappa shape index (κ2) is 7.28. The minimum Gasteiger partial charge on any atom is -0.465 e. The first-order valence-electron chi connectivity index (χ1n) is 7.99. The molecule has 1 heterocycles. The number of nitro groups is 1. The SMILES string of the molecule is COC(=O)c1c(C(=O)OC)n(Cc2ccccc2)c2cccc([N+](=O)[O-])c12. The van der Waals surface area contributed by atoms with Gasteiger partial charge in [0.1, 0.15) is 11.3 Å². The van der Waals surface area contributed by atoms with Crippen molar-refractivity contribution in [2.24, 2.45) is 0 Å². The maximum absolute atomic E-state index is 12.5. The Kier molecular flexibility index (Phi) is 4.89. The fourth-order valence-electron chi connectivity index (χ4n) is 3.08. The molecule has 27 heavy (non-hydrogen) atoms. The molecule has 0 unspecified atom stereocenters. The fourth-order valence-corrected chi connectivity index (χ4v) is 3.08. The second-order valence-electron chi connectivity index (χ2n) is 5.71. The molecule has 0 atom stereocenters. The zero-order valence-corrected chi connectivity index (χ0v) is 14.7. The number of esters is 2. The van der Waals surface area contributed by atoms with Gasteiger partial charge in [0.05, 0.1) is 30.0 Å². The van der Waals surface area contributed by atoms with Crippen molar-refractivity contribution in [3.8, 4) is 0 Å². The smallest absolute Gasteiger partial charge is 0.355 e. The summed E-state index contributed by atoms with van der Waals surface area (Å²) < 4.78 is 11.2. The summed E-state index contributed by atoms with van der Waals surface area (Å²) in [5.74, 6) is -1.63.